The minimum atomic E-state index is -1.40. The molecule has 0 spiro atoms. The highest BCUT2D eigenvalue weighted by atomic mass is 16.7. The number of ether oxygens (including phenoxy) is 5. The fourth-order valence-electron chi connectivity index (χ4n) is 9.21. The number of ketones is 2. The number of aliphatic hydroxyl groups excluding tert-OH is 1. The van der Waals surface area contributed by atoms with Crippen molar-refractivity contribution in [1.29, 1.82) is 0 Å². The van der Waals surface area contributed by atoms with Crippen molar-refractivity contribution in [2.45, 2.75) is 135 Å². The predicted molar refractivity (Wildman–Crippen MR) is 204 cm³/mol. The zero-order valence-corrected chi connectivity index (χ0v) is 33.4. The Morgan fingerprint density at radius 3 is 2.49 bits per heavy atom. The van der Waals surface area contributed by atoms with E-state index in [2.05, 4.69) is 10.3 Å². The molecule has 4 aliphatic heterocycles. The second kappa shape index (κ2) is 16.0. The summed E-state index contributed by atoms with van der Waals surface area (Å²) in [6, 6.07) is 8.64. The summed E-state index contributed by atoms with van der Waals surface area (Å²) in [5.74, 6) is -5.20. The van der Waals surface area contributed by atoms with Crippen LogP contribution in [0.2, 0.25) is 0 Å². The van der Waals surface area contributed by atoms with E-state index < -0.39 is 89.5 Å². The number of aromatic nitrogens is 1. The van der Waals surface area contributed by atoms with Gasteiger partial charge in [-0.2, -0.15) is 0 Å². The van der Waals surface area contributed by atoms with Gasteiger partial charge in [0.15, 0.2) is 17.7 Å². The Morgan fingerprint density at radius 1 is 1.05 bits per heavy atom. The molecule has 2 N–H and O–H groups in total. The normalized spacial score (nSPS) is 40.2. The van der Waals surface area contributed by atoms with Crippen LogP contribution in [-0.4, -0.2) is 112 Å². The number of alkyl carbamates (subject to hydrolysis) is 1. The van der Waals surface area contributed by atoms with Crippen LogP contribution in [0, 0.1) is 23.7 Å². The lowest BCUT2D eigenvalue weighted by Gasteiger charge is -2.46. The van der Waals surface area contributed by atoms with E-state index in [0.29, 0.717) is 13.0 Å². The standard InChI is InChI=1S/C42H57N3O10/c1-10-32-42(8)36(44-40(50)55-42)23(4)34(47)28-20-41(7,54-31(28)17-16-26-19-27-14-12-13-15-29(27)43-21-26)37(24(5)33(46)25(6)38(49)52-32)53-39-35(48)30(45(9)11-2)18-22(3)51-39/h12-17,19,21-25,28,30-32,35-37,39,48H,10-11,18,20H2,1-9H3,(H,44,50)/b17-16+/t22-,23+,24+,25-,28+,30+,31?,32-,35-,36-,37-,39+,41-,42-/m1/s1. The second-order valence-corrected chi connectivity index (χ2v) is 16.4. The first-order chi connectivity index (χ1) is 26.0. The quantitative estimate of drug-likeness (QED) is 0.292. The summed E-state index contributed by atoms with van der Waals surface area (Å²) in [5.41, 5.74) is -1.04. The van der Waals surface area contributed by atoms with Crippen molar-refractivity contribution in [3.05, 3.63) is 48.2 Å². The first-order valence-electron chi connectivity index (χ1n) is 19.7. The van der Waals surface area contributed by atoms with Gasteiger partial charge in [-0.3, -0.25) is 19.4 Å². The van der Waals surface area contributed by atoms with E-state index >= 15 is 0 Å². The highest BCUT2D eigenvalue weighted by Gasteiger charge is 2.60. The van der Waals surface area contributed by atoms with Gasteiger partial charge in [-0.15, -0.1) is 0 Å². The molecule has 2 aromatic rings. The molecule has 4 saturated heterocycles. The van der Waals surface area contributed by atoms with Crippen LogP contribution >= 0.6 is 0 Å². The Labute approximate surface area is 323 Å². The van der Waals surface area contributed by atoms with E-state index in [-0.39, 0.29) is 30.8 Å². The lowest BCUT2D eigenvalue weighted by Crippen LogP contribution is -2.59. The highest BCUT2D eigenvalue weighted by Crippen LogP contribution is 2.46. The topological polar surface area (TPSA) is 163 Å². The van der Waals surface area contributed by atoms with Crippen LogP contribution in [-0.2, 0) is 38.1 Å². The number of para-hydroxylation sites is 1. The molecule has 55 heavy (non-hydrogen) atoms. The van der Waals surface area contributed by atoms with Crippen molar-refractivity contribution in [2.24, 2.45) is 23.7 Å². The van der Waals surface area contributed by atoms with Gasteiger partial charge in [-0.1, -0.05) is 58.0 Å². The molecule has 1 aromatic carbocycles. The van der Waals surface area contributed by atoms with Crippen LogP contribution in [0.4, 0.5) is 4.79 Å². The smallest absolute Gasteiger partial charge is 0.408 e. The predicted octanol–water partition coefficient (Wildman–Crippen LogP) is 4.86. The molecular formula is C42H57N3O10. The highest BCUT2D eigenvalue weighted by molar-refractivity contribution is 6.00. The zero-order chi connectivity index (χ0) is 40.0. The third kappa shape index (κ3) is 7.83. The molecule has 6 rings (SSSR count). The third-order valence-electron chi connectivity index (χ3n) is 12.5. The number of rotatable bonds is 7. The van der Waals surface area contributed by atoms with Crippen LogP contribution in [0.3, 0.4) is 0 Å². The van der Waals surface area contributed by atoms with Gasteiger partial charge in [-0.05, 0) is 78.2 Å². The average molecular weight is 764 g/mol. The molecule has 5 heterocycles. The second-order valence-electron chi connectivity index (χ2n) is 16.4. The zero-order valence-electron chi connectivity index (χ0n) is 33.4. The van der Waals surface area contributed by atoms with Gasteiger partial charge >= 0.3 is 12.1 Å². The molecular weight excluding hydrogens is 706 g/mol. The van der Waals surface area contributed by atoms with E-state index in [4.69, 9.17) is 23.7 Å². The molecule has 1 aromatic heterocycles. The number of cyclic esters (lactones) is 1. The molecule has 0 aliphatic carbocycles. The number of benzene rings is 1. The maximum absolute atomic E-state index is 14.9. The number of nitrogens with one attached hydrogen (secondary N) is 1. The number of carbonyl (C=O) groups excluding carboxylic acids is 4. The minimum absolute atomic E-state index is 0.133. The van der Waals surface area contributed by atoms with Crippen LogP contribution in [0.15, 0.2) is 42.6 Å². The fraction of sp³-hybridized carbons (Fsp3) is 0.643. The first-order valence-corrected chi connectivity index (χ1v) is 19.7. The van der Waals surface area contributed by atoms with Gasteiger partial charge in [0.1, 0.15) is 23.9 Å². The Morgan fingerprint density at radius 2 is 1.78 bits per heavy atom. The number of esters is 1. The Kier molecular flexibility index (Phi) is 11.9. The Balaban J connectivity index is 1.44. The van der Waals surface area contributed by atoms with E-state index in [0.717, 1.165) is 16.5 Å². The van der Waals surface area contributed by atoms with Crippen molar-refractivity contribution in [1.82, 2.24) is 15.2 Å². The molecule has 300 valence electrons. The Bertz CT molecular complexity index is 1800. The molecule has 4 fully saturated rings. The van der Waals surface area contributed by atoms with Crippen molar-refractivity contribution in [2.75, 3.05) is 13.6 Å². The van der Waals surface area contributed by atoms with Crippen molar-refractivity contribution < 1.29 is 48.0 Å². The number of aliphatic hydroxyl groups is 1. The molecule has 14 atom stereocenters. The lowest BCUT2D eigenvalue weighted by molar-refractivity contribution is -0.294. The SMILES string of the molecule is CC[C@H]1OC(=O)[C@H](C)C(=O)[C@H](C)[C@@H](O[C@@H]2O[C@H](C)C[C@H](N(C)CC)[C@H]2O)[C@@]2(C)C[C@H](C(=O)[C@H](C)[C@H]3NC(=O)O[C@@]31C)C(/C=C/c1cnc3ccccc3c1)O2. The Hall–Kier alpha value is -3.75. The average Bonchev–Trinajstić information content (AvgIpc) is 3.68. The molecule has 0 saturated carbocycles. The summed E-state index contributed by atoms with van der Waals surface area (Å²) >= 11 is 0. The summed E-state index contributed by atoms with van der Waals surface area (Å²) in [5, 5.41) is 15.4. The summed E-state index contributed by atoms with van der Waals surface area (Å²) in [6.07, 6.45) is 0.416. The van der Waals surface area contributed by atoms with Crippen LogP contribution in [0.25, 0.3) is 17.0 Å². The first kappa shape index (κ1) is 40.9. The molecule has 13 heteroatoms. The minimum Gasteiger partial charge on any atom is -0.458 e. The summed E-state index contributed by atoms with van der Waals surface area (Å²) in [4.78, 5) is 62.6. The molecule has 2 bridgehead atoms. The number of amides is 1. The lowest BCUT2D eigenvalue weighted by atomic mass is 9.73. The maximum Gasteiger partial charge on any atom is 0.408 e. The van der Waals surface area contributed by atoms with Gasteiger partial charge in [0.25, 0.3) is 0 Å². The monoisotopic (exact) mass is 763 g/mol. The molecule has 4 aliphatic rings. The number of carbonyl (C=O) groups is 4. The summed E-state index contributed by atoms with van der Waals surface area (Å²) < 4.78 is 31.7. The number of fused-ring (bicyclic) bond motifs is 4. The van der Waals surface area contributed by atoms with Crippen molar-refractivity contribution >= 4 is 40.6 Å². The molecule has 1 amide bonds. The summed E-state index contributed by atoms with van der Waals surface area (Å²) in [7, 11) is 1.93. The van der Waals surface area contributed by atoms with Gasteiger partial charge in [0, 0.05) is 29.5 Å². The molecule has 1 unspecified atom stereocenters. The van der Waals surface area contributed by atoms with Gasteiger partial charge in [-0.25, -0.2) is 4.79 Å². The van der Waals surface area contributed by atoms with E-state index in [9.17, 15) is 24.3 Å². The van der Waals surface area contributed by atoms with E-state index in [1.54, 1.807) is 40.8 Å². The fourth-order valence-corrected chi connectivity index (χ4v) is 9.21. The van der Waals surface area contributed by atoms with Gasteiger partial charge in [0.05, 0.1) is 41.4 Å². The van der Waals surface area contributed by atoms with E-state index in [1.807, 2.05) is 68.3 Å². The van der Waals surface area contributed by atoms with Gasteiger partial charge in [0.2, 0.25) is 0 Å². The van der Waals surface area contributed by atoms with Crippen molar-refractivity contribution in [3.63, 3.8) is 0 Å². The van der Waals surface area contributed by atoms with E-state index in [1.165, 1.54) is 6.92 Å². The molecule has 13 nitrogen and oxygen atoms in total. The number of hydrogen-bond acceptors (Lipinski definition) is 12. The van der Waals surface area contributed by atoms with Crippen molar-refractivity contribution in [3.8, 4) is 0 Å². The van der Waals surface area contributed by atoms with Gasteiger partial charge < -0.3 is 39.0 Å². The van der Waals surface area contributed by atoms with Crippen LogP contribution < -0.4 is 5.32 Å². The molecule has 0 radical (unpaired) electrons. The maximum atomic E-state index is 14.9. The van der Waals surface area contributed by atoms with Crippen LogP contribution in [0.5, 0.6) is 0 Å². The largest absolute Gasteiger partial charge is 0.458 e. The summed E-state index contributed by atoms with van der Waals surface area (Å²) in [6.45, 7) is 14.8. The number of pyridine rings is 1. The third-order valence-corrected chi connectivity index (χ3v) is 12.5. The van der Waals surface area contributed by atoms with Crippen LogP contribution in [0.1, 0.15) is 80.2 Å². The number of hydrogen-bond donors (Lipinski definition) is 2. The number of nitrogens with zero attached hydrogens (tertiary/aromatic N) is 2. The number of Topliss-reactive ketones (excluding diaryl/α,β-unsaturated/α-hetero) is 2. The number of likely N-dealkylation sites (N-methyl/N-ethyl adjacent to an activating group) is 1.